The van der Waals surface area contributed by atoms with Crippen LogP contribution in [0.4, 0.5) is 8.63 Å². The first-order valence-electron chi connectivity index (χ1n) is 12.4. The highest BCUT2D eigenvalue weighted by atomic mass is 19.2. The van der Waals surface area contributed by atoms with Gasteiger partial charge in [-0.1, -0.05) is 27.7 Å². The molecule has 0 unspecified atom stereocenters. The van der Waals surface area contributed by atoms with Gasteiger partial charge in [0.05, 0.1) is 34.2 Å². The zero-order chi connectivity index (χ0) is 25.8. The lowest BCUT2D eigenvalue weighted by atomic mass is 9.99. The van der Waals surface area contributed by atoms with Gasteiger partial charge in [0, 0.05) is 18.5 Å². The van der Waals surface area contributed by atoms with Gasteiger partial charge in [0.25, 0.3) is 0 Å². The quantitative estimate of drug-likeness (QED) is 0.0808. The lowest BCUT2D eigenvalue weighted by Gasteiger charge is -2.10. The number of rotatable bonds is 11. The van der Waals surface area contributed by atoms with E-state index in [1.165, 1.54) is 6.08 Å². The molecule has 0 bridgehead atoms. The summed E-state index contributed by atoms with van der Waals surface area (Å²) in [5.74, 6) is -0.582. The minimum Gasteiger partial charge on any atom is -0.503 e. The van der Waals surface area contributed by atoms with Crippen molar-refractivity contribution in [2.75, 3.05) is 0 Å². The molecule has 9 heteroatoms. The van der Waals surface area contributed by atoms with Crippen molar-refractivity contribution in [2.45, 2.75) is 53.4 Å². The molecule has 36 heavy (non-hydrogen) atoms. The smallest absolute Gasteiger partial charge is 0.503 e. The Balaban J connectivity index is 1.85. The molecule has 4 N–H and O–H groups in total. The van der Waals surface area contributed by atoms with E-state index in [9.17, 15) is 13.4 Å². The van der Waals surface area contributed by atoms with Crippen LogP contribution >= 0.6 is 0 Å². The van der Waals surface area contributed by atoms with Gasteiger partial charge >= 0.3 is 7.47 Å². The van der Waals surface area contributed by atoms with Gasteiger partial charge < -0.3 is 24.6 Å². The Bertz CT molecular complexity index is 1350. The zero-order valence-corrected chi connectivity index (χ0v) is 21.0. The number of aromatic nitrogens is 4. The highest BCUT2D eigenvalue weighted by molar-refractivity contribution is 6.36. The normalized spacial score (nSPS) is 11.8. The van der Waals surface area contributed by atoms with E-state index in [1.54, 1.807) is 6.20 Å². The van der Waals surface area contributed by atoms with Crippen molar-refractivity contribution in [3.05, 3.63) is 76.4 Å². The molecule has 0 atom stereocenters. The number of H-pyrrole nitrogens is 4. The number of allylic oxidation sites excluding steroid dienone is 1. The number of ketones is 1. The Morgan fingerprint density at radius 2 is 1.28 bits per heavy atom. The molecule has 4 rings (SSSR count). The molecule has 0 radical (unpaired) electrons. The maximum absolute atomic E-state index is 13.6. The van der Waals surface area contributed by atoms with Crippen LogP contribution in [0.2, 0.25) is 0 Å². The minimum absolute atomic E-state index is 0.171. The summed E-state index contributed by atoms with van der Waals surface area (Å²) in [5, 5.41) is 0. The molecular weight excluding hydrogens is 461 g/mol. The number of halogens is 2. The van der Waals surface area contributed by atoms with Crippen LogP contribution in [0.25, 0.3) is 28.5 Å². The van der Waals surface area contributed by atoms with Crippen molar-refractivity contribution < 1.29 is 18.1 Å². The van der Waals surface area contributed by atoms with Gasteiger partial charge in [-0.2, -0.15) is 0 Å². The van der Waals surface area contributed by atoms with E-state index < -0.39 is 13.3 Å². The average molecular weight is 492 g/mol. The van der Waals surface area contributed by atoms with E-state index in [4.69, 9.17) is 4.65 Å². The number of hydrogen-bond acceptors (Lipinski definition) is 2. The fourth-order valence-corrected chi connectivity index (χ4v) is 5.02. The molecule has 0 amide bonds. The molecule has 0 spiro atoms. The monoisotopic (exact) mass is 492 g/mol. The number of carbonyl (C=O) groups excluding carboxylic acids is 1. The summed E-state index contributed by atoms with van der Waals surface area (Å²) in [7, 11) is -3.08. The maximum atomic E-state index is 13.6. The van der Waals surface area contributed by atoms with Crippen LogP contribution < -0.4 is 0 Å². The largest absolute Gasteiger partial charge is 0.796 e. The topological polar surface area (TPSA) is 89.5 Å². The third-order valence-electron chi connectivity index (χ3n) is 6.56. The Labute approximate surface area is 209 Å². The Morgan fingerprint density at radius 1 is 0.806 bits per heavy atom. The second kappa shape index (κ2) is 10.9. The fraction of sp³-hybridized carbons (Fsp3) is 0.296. The molecule has 0 saturated carbocycles. The van der Waals surface area contributed by atoms with E-state index in [0.717, 1.165) is 51.5 Å². The lowest BCUT2D eigenvalue weighted by Crippen LogP contribution is -2.09. The van der Waals surface area contributed by atoms with Crippen LogP contribution in [0.5, 0.6) is 0 Å². The Morgan fingerprint density at radius 3 is 1.69 bits per heavy atom. The van der Waals surface area contributed by atoms with Gasteiger partial charge in [0.1, 0.15) is 5.76 Å². The molecule has 0 fully saturated rings. The van der Waals surface area contributed by atoms with Gasteiger partial charge in [0.15, 0.2) is 0 Å². The Kier molecular flexibility index (Phi) is 7.67. The summed E-state index contributed by atoms with van der Waals surface area (Å²) in [6.07, 6.45) is 7.44. The van der Waals surface area contributed by atoms with Crippen molar-refractivity contribution in [3.63, 3.8) is 0 Å². The molecule has 0 aliphatic rings. The first kappa shape index (κ1) is 25.4. The van der Waals surface area contributed by atoms with Crippen molar-refractivity contribution in [3.8, 4) is 22.8 Å². The van der Waals surface area contributed by atoms with Gasteiger partial charge in [-0.25, -0.2) is 8.63 Å². The summed E-state index contributed by atoms with van der Waals surface area (Å²) in [4.78, 5) is 26.4. The second-order valence-electron chi connectivity index (χ2n) is 8.50. The van der Waals surface area contributed by atoms with Crippen LogP contribution in [-0.2, 0) is 30.3 Å². The molecule has 4 heterocycles. The van der Waals surface area contributed by atoms with Gasteiger partial charge in [0.2, 0.25) is 5.78 Å². The molecule has 4 aromatic rings. The summed E-state index contributed by atoms with van der Waals surface area (Å²) in [6, 6.07) is 7.61. The number of carbonyl (C=O) groups is 1. The van der Waals surface area contributed by atoms with E-state index in [0.29, 0.717) is 30.7 Å². The van der Waals surface area contributed by atoms with Crippen LogP contribution in [0.3, 0.4) is 0 Å². The Hall–Kier alpha value is -3.75. The molecular formula is C27H31BF2N4O2. The maximum Gasteiger partial charge on any atom is 0.796 e. The van der Waals surface area contributed by atoms with Crippen molar-refractivity contribution in [2.24, 2.45) is 0 Å². The van der Waals surface area contributed by atoms with Crippen molar-refractivity contribution in [1.29, 1.82) is 0 Å². The average Bonchev–Trinajstić information content (AvgIpc) is 3.66. The van der Waals surface area contributed by atoms with E-state index in [2.05, 4.69) is 19.9 Å². The lowest BCUT2D eigenvalue weighted by molar-refractivity contribution is 0.104. The van der Waals surface area contributed by atoms with Crippen LogP contribution in [0.1, 0.15) is 66.1 Å². The predicted molar refractivity (Wildman–Crippen MR) is 140 cm³/mol. The molecule has 0 saturated heterocycles. The van der Waals surface area contributed by atoms with Gasteiger partial charge in [-0.15, -0.1) is 0 Å². The van der Waals surface area contributed by atoms with E-state index in [1.807, 2.05) is 58.2 Å². The van der Waals surface area contributed by atoms with Gasteiger partial charge in [-0.05, 0) is 72.2 Å². The summed E-state index contributed by atoms with van der Waals surface area (Å²) < 4.78 is 32.1. The number of nitrogens with one attached hydrogen (secondary N) is 4. The number of aromatic amines is 4. The van der Waals surface area contributed by atoms with Crippen LogP contribution in [-0.4, -0.2) is 33.2 Å². The first-order chi connectivity index (χ1) is 17.4. The third-order valence-corrected chi connectivity index (χ3v) is 6.56. The van der Waals surface area contributed by atoms with E-state index in [-0.39, 0.29) is 5.76 Å². The number of hydrogen-bond donors (Lipinski definition) is 4. The molecule has 188 valence electrons. The predicted octanol–water partition coefficient (Wildman–Crippen LogP) is 6.75. The van der Waals surface area contributed by atoms with E-state index >= 15 is 0 Å². The van der Waals surface area contributed by atoms with Crippen LogP contribution in [0, 0.1) is 0 Å². The van der Waals surface area contributed by atoms with Crippen LogP contribution in [0.15, 0.2) is 42.7 Å². The molecule has 0 aromatic carbocycles. The zero-order valence-electron chi connectivity index (χ0n) is 21.0. The molecule has 4 aromatic heterocycles. The molecule has 6 nitrogen and oxygen atoms in total. The third kappa shape index (κ3) is 4.70. The molecule has 0 aliphatic heterocycles. The van der Waals surface area contributed by atoms with Crippen molar-refractivity contribution >= 4 is 19.0 Å². The highest BCUT2D eigenvalue weighted by Gasteiger charge is 2.28. The summed E-state index contributed by atoms with van der Waals surface area (Å²) in [6.45, 7) is 7.99. The second-order valence-corrected chi connectivity index (χ2v) is 8.50. The molecule has 0 aliphatic carbocycles. The summed E-state index contributed by atoms with van der Waals surface area (Å²) >= 11 is 0. The SMILES string of the molecule is CCc1c(C(=O)/C=C(\OB(F)F)c2[nH]c(-c3ccc[nH]3)c(CC)c2CC)[nH]c(-c2ccc[nH]2)c1CC. The fourth-order valence-electron chi connectivity index (χ4n) is 5.02. The highest BCUT2D eigenvalue weighted by Crippen LogP contribution is 2.34. The minimum atomic E-state index is -3.08. The van der Waals surface area contributed by atoms with Gasteiger partial charge in [-0.3, -0.25) is 4.79 Å². The summed E-state index contributed by atoms with van der Waals surface area (Å²) in [5.41, 5.74) is 7.91. The first-order valence-corrected chi connectivity index (χ1v) is 12.4. The van der Waals surface area contributed by atoms with Crippen molar-refractivity contribution in [1.82, 2.24) is 19.9 Å². The standard InChI is InChI=1S/C27H31BF2N4O2/c1-5-16-18(7-3)26(33-24(16)20-11-9-13-31-20)22(35)15-23(36-28(29)30)27-19(8-4)17(6-2)25(34-27)21-12-10-14-32-21/h9-15,31-34H,5-8H2,1-4H3/b23-15-.